The summed E-state index contributed by atoms with van der Waals surface area (Å²) >= 11 is 7.10. The lowest BCUT2D eigenvalue weighted by Gasteiger charge is -2.13. The number of thioether (sulfide) groups is 1. The van der Waals surface area contributed by atoms with E-state index in [1.807, 2.05) is 66.7 Å². The average molecular weight is 466 g/mol. The second-order valence-electron chi connectivity index (χ2n) is 6.94. The van der Waals surface area contributed by atoms with E-state index in [4.69, 9.17) is 21.1 Å². The van der Waals surface area contributed by atoms with E-state index >= 15 is 0 Å². The van der Waals surface area contributed by atoms with Gasteiger partial charge >= 0.3 is 0 Å². The molecule has 0 saturated carbocycles. The Morgan fingerprint density at radius 3 is 2.31 bits per heavy atom. The minimum Gasteiger partial charge on any atom is -0.490 e. The quantitative estimate of drug-likeness (QED) is 0.300. The summed E-state index contributed by atoms with van der Waals surface area (Å²) < 4.78 is 11.4. The first-order valence-electron chi connectivity index (χ1n) is 9.99. The number of carbonyl (C=O) groups is 2. The zero-order valence-corrected chi connectivity index (χ0v) is 18.6. The molecule has 32 heavy (non-hydrogen) atoms. The molecule has 1 fully saturated rings. The Hall–Kier alpha value is -3.22. The summed E-state index contributed by atoms with van der Waals surface area (Å²) in [6, 6.07) is 24.1. The second kappa shape index (κ2) is 10.4. The normalized spacial score (nSPS) is 14.8. The SMILES string of the molecule is O=C1S/C(=C\c2cccc(OCCOc3ccccc3)c2)C(=O)N1Cc1ccccc1Cl. The molecule has 162 valence electrons. The van der Waals surface area contributed by atoms with Crippen molar-refractivity contribution in [3.05, 3.63) is 99.9 Å². The maximum atomic E-state index is 12.8. The van der Waals surface area contributed by atoms with Crippen molar-refractivity contribution in [3.63, 3.8) is 0 Å². The van der Waals surface area contributed by atoms with Crippen LogP contribution in [0.3, 0.4) is 0 Å². The van der Waals surface area contributed by atoms with Gasteiger partial charge in [0.2, 0.25) is 0 Å². The molecule has 7 heteroatoms. The molecule has 1 aliphatic rings. The molecule has 3 aromatic rings. The first-order valence-corrected chi connectivity index (χ1v) is 11.2. The number of rotatable bonds is 8. The number of hydrogen-bond donors (Lipinski definition) is 0. The van der Waals surface area contributed by atoms with Crippen molar-refractivity contribution in [1.82, 2.24) is 4.90 Å². The van der Waals surface area contributed by atoms with Gasteiger partial charge in [-0.1, -0.05) is 60.1 Å². The van der Waals surface area contributed by atoms with E-state index in [-0.39, 0.29) is 17.7 Å². The van der Waals surface area contributed by atoms with Gasteiger partial charge < -0.3 is 9.47 Å². The van der Waals surface area contributed by atoms with Gasteiger partial charge in [-0.15, -0.1) is 0 Å². The molecular formula is C25H20ClNO4S. The molecule has 0 spiro atoms. The Morgan fingerprint density at radius 1 is 0.844 bits per heavy atom. The van der Waals surface area contributed by atoms with E-state index < -0.39 is 0 Å². The van der Waals surface area contributed by atoms with E-state index in [1.165, 1.54) is 4.90 Å². The standard InChI is InChI=1S/C25H20ClNO4S/c26-22-12-5-4-8-19(22)17-27-24(28)23(32-25(27)29)16-18-7-6-11-21(15-18)31-14-13-30-20-9-2-1-3-10-20/h1-12,15-16H,13-14,17H2/b23-16-. The molecule has 0 N–H and O–H groups in total. The smallest absolute Gasteiger partial charge is 0.293 e. The zero-order valence-electron chi connectivity index (χ0n) is 17.1. The third-order valence-electron chi connectivity index (χ3n) is 4.68. The maximum absolute atomic E-state index is 12.8. The Labute approximate surface area is 195 Å². The molecule has 0 bridgehead atoms. The van der Waals surface area contributed by atoms with Gasteiger partial charge in [-0.25, -0.2) is 0 Å². The van der Waals surface area contributed by atoms with Gasteiger partial charge in [-0.05, 0) is 59.3 Å². The summed E-state index contributed by atoms with van der Waals surface area (Å²) in [7, 11) is 0. The third kappa shape index (κ3) is 5.52. The fourth-order valence-corrected chi connectivity index (χ4v) is 4.15. The predicted octanol–water partition coefficient (Wildman–Crippen LogP) is 6.03. The van der Waals surface area contributed by atoms with Crippen LogP contribution in [0, 0.1) is 0 Å². The van der Waals surface area contributed by atoms with Crippen LogP contribution in [0.25, 0.3) is 6.08 Å². The highest BCUT2D eigenvalue weighted by Crippen LogP contribution is 2.34. The summed E-state index contributed by atoms with van der Waals surface area (Å²) in [4.78, 5) is 26.8. The Bertz CT molecular complexity index is 1150. The number of imide groups is 1. The fraction of sp³-hybridized carbons (Fsp3) is 0.120. The van der Waals surface area contributed by atoms with Crippen LogP contribution in [0.1, 0.15) is 11.1 Å². The maximum Gasteiger partial charge on any atom is 0.293 e. The molecule has 1 heterocycles. The predicted molar refractivity (Wildman–Crippen MR) is 127 cm³/mol. The zero-order chi connectivity index (χ0) is 22.3. The van der Waals surface area contributed by atoms with E-state index in [0.29, 0.717) is 28.9 Å². The molecule has 4 rings (SSSR count). The van der Waals surface area contributed by atoms with Crippen LogP contribution in [0.4, 0.5) is 4.79 Å². The largest absolute Gasteiger partial charge is 0.490 e. The Balaban J connectivity index is 1.37. The van der Waals surface area contributed by atoms with Crippen molar-refractivity contribution in [1.29, 1.82) is 0 Å². The number of carbonyl (C=O) groups excluding carboxylic acids is 2. The first kappa shape index (κ1) is 22.0. The van der Waals surface area contributed by atoms with Crippen molar-refractivity contribution in [2.75, 3.05) is 13.2 Å². The molecule has 0 aliphatic carbocycles. The molecule has 0 atom stereocenters. The molecule has 0 radical (unpaired) electrons. The van der Waals surface area contributed by atoms with Gasteiger partial charge in [0.25, 0.3) is 11.1 Å². The molecule has 0 aromatic heterocycles. The second-order valence-corrected chi connectivity index (χ2v) is 8.34. The van der Waals surface area contributed by atoms with Crippen molar-refractivity contribution in [2.24, 2.45) is 0 Å². The van der Waals surface area contributed by atoms with Crippen LogP contribution in [0.2, 0.25) is 5.02 Å². The van der Waals surface area contributed by atoms with Gasteiger partial charge in [0.15, 0.2) is 0 Å². The number of para-hydroxylation sites is 1. The van der Waals surface area contributed by atoms with Gasteiger partial charge in [-0.2, -0.15) is 0 Å². The third-order valence-corrected chi connectivity index (χ3v) is 5.96. The van der Waals surface area contributed by atoms with Gasteiger partial charge in [0, 0.05) is 5.02 Å². The molecule has 1 saturated heterocycles. The van der Waals surface area contributed by atoms with Crippen LogP contribution in [-0.4, -0.2) is 29.3 Å². The molecule has 1 aliphatic heterocycles. The van der Waals surface area contributed by atoms with E-state index in [1.54, 1.807) is 18.2 Å². The van der Waals surface area contributed by atoms with E-state index in [0.717, 1.165) is 28.6 Å². The topological polar surface area (TPSA) is 55.8 Å². The number of halogens is 1. The van der Waals surface area contributed by atoms with Crippen molar-refractivity contribution < 1.29 is 19.1 Å². The van der Waals surface area contributed by atoms with Crippen LogP contribution in [0.5, 0.6) is 11.5 Å². The van der Waals surface area contributed by atoms with Crippen LogP contribution < -0.4 is 9.47 Å². The van der Waals surface area contributed by atoms with Crippen molar-refractivity contribution in [3.8, 4) is 11.5 Å². The molecule has 3 aromatic carbocycles. The lowest BCUT2D eigenvalue weighted by atomic mass is 10.2. The fourth-order valence-electron chi connectivity index (χ4n) is 3.11. The number of amides is 2. The average Bonchev–Trinajstić information content (AvgIpc) is 3.06. The summed E-state index contributed by atoms with van der Waals surface area (Å²) in [6.07, 6.45) is 1.70. The monoisotopic (exact) mass is 465 g/mol. The minimum atomic E-state index is -0.331. The summed E-state index contributed by atoms with van der Waals surface area (Å²) in [6.45, 7) is 0.939. The summed E-state index contributed by atoms with van der Waals surface area (Å²) in [5.74, 6) is 1.12. The number of nitrogens with zero attached hydrogens (tertiary/aromatic N) is 1. The van der Waals surface area contributed by atoms with Crippen LogP contribution in [0.15, 0.2) is 83.8 Å². The number of ether oxygens (including phenoxy) is 2. The molecule has 5 nitrogen and oxygen atoms in total. The highest BCUT2D eigenvalue weighted by molar-refractivity contribution is 8.18. The highest BCUT2D eigenvalue weighted by atomic mass is 35.5. The van der Waals surface area contributed by atoms with Crippen molar-refractivity contribution in [2.45, 2.75) is 6.54 Å². The van der Waals surface area contributed by atoms with Crippen molar-refractivity contribution >= 4 is 40.6 Å². The number of benzene rings is 3. The highest BCUT2D eigenvalue weighted by Gasteiger charge is 2.35. The lowest BCUT2D eigenvalue weighted by Crippen LogP contribution is -2.27. The summed E-state index contributed by atoms with van der Waals surface area (Å²) in [5.41, 5.74) is 1.50. The number of hydrogen-bond acceptors (Lipinski definition) is 5. The van der Waals surface area contributed by atoms with Gasteiger partial charge in [-0.3, -0.25) is 14.5 Å². The van der Waals surface area contributed by atoms with Crippen LogP contribution in [-0.2, 0) is 11.3 Å². The van der Waals surface area contributed by atoms with E-state index in [9.17, 15) is 9.59 Å². The Morgan fingerprint density at radius 2 is 1.53 bits per heavy atom. The van der Waals surface area contributed by atoms with Crippen LogP contribution >= 0.6 is 23.4 Å². The molecule has 0 unspecified atom stereocenters. The van der Waals surface area contributed by atoms with Gasteiger partial charge in [0.1, 0.15) is 24.7 Å². The van der Waals surface area contributed by atoms with E-state index in [2.05, 4.69) is 0 Å². The lowest BCUT2D eigenvalue weighted by molar-refractivity contribution is -0.123. The Kier molecular flexibility index (Phi) is 7.14. The first-order chi connectivity index (χ1) is 15.6. The van der Waals surface area contributed by atoms with Gasteiger partial charge in [0.05, 0.1) is 11.4 Å². The molecule has 2 amide bonds. The summed E-state index contributed by atoms with van der Waals surface area (Å²) in [5, 5.41) is 0.211. The minimum absolute atomic E-state index is 0.145. The molecular weight excluding hydrogens is 446 g/mol.